The van der Waals surface area contributed by atoms with Crippen LogP contribution >= 0.6 is 0 Å². The third-order valence-electron chi connectivity index (χ3n) is 3.19. The monoisotopic (exact) mass is 280 g/mol. The number of rotatable bonds is 6. The first-order valence-electron chi connectivity index (χ1n) is 6.40. The van der Waals surface area contributed by atoms with Gasteiger partial charge in [0, 0.05) is 36.4 Å². The Hall–Kier alpha value is -1.33. The Bertz CT molecular complexity index is 659. The van der Waals surface area contributed by atoms with Crippen LogP contribution < -0.4 is 5.32 Å². The maximum absolute atomic E-state index is 11.1. The summed E-state index contributed by atoms with van der Waals surface area (Å²) < 4.78 is 24.4. The van der Waals surface area contributed by atoms with Crippen molar-refractivity contribution in [3.8, 4) is 0 Å². The SMILES string of the molecule is CNCc1cccc2c1ccn2CCCS(C)(=O)=O. The molecule has 1 aromatic heterocycles. The lowest BCUT2D eigenvalue weighted by Crippen LogP contribution is -2.07. The molecule has 2 rings (SSSR count). The zero-order valence-corrected chi connectivity index (χ0v) is 12.2. The molecule has 0 aliphatic carbocycles. The van der Waals surface area contributed by atoms with Crippen LogP contribution in [-0.2, 0) is 22.9 Å². The largest absolute Gasteiger partial charge is 0.347 e. The highest BCUT2D eigenvalue weighted by Crippen LogP contribution is 2.20. The predicted octanol–water partition coefficient (Wildman–Crippen LogP) is 1.80. The molecule has 0 spiro atoms. The third-order valence-corrected chi connectivity index (χ3v) is 4.22. The predicted molar refractivity (Wildman–Crippen MR) is 79.0 cm³/mol. The number of nitrogens with zero attached hydrogens (tertiary/aromatic N) is 1. The van der Waals surface area contributed by atoms with Crippen LogP contribution in [0.25, 0.3) is 10.9 Å². The van der Waals surface area contributed by atoms with E-state index in [-0.39, 0.29) is 5.75 Å². The fourth-order valence-corrected chi connectivity index (χ4v) is 2.98. The first kappa shape index (κ1) is 14.1. The molecule has 4 nitrogen and oxygen atoms in total. The second-order valence-corrected chi connectivity index (χ2v) is 7.13. The summed E-state index contributed by atoms with van der Waals surface area (Å²) in [5, 5.41) is 4.39. The first-order chi connectivity index (χ1) is 9.01. The molecule has 0 saturated carbocycles. The van der Waals surface area contributed by atoms with Crippen molar-refractivity contribution in [1.29, 1.82) is 0 Å². The molecule has 0 atom stereocenters. The average Bonchev–Trinajstić information content (AvgIpc) is 2.73. The minimum absolute atomic E-state index is 0.239. The average molecular weight is 280 g/mol. The van der Waals surface area contributed by atoms with Crippen molar-refractivity contribution in [2.24, 2.45) is 0 Å². The lowest BCUT2D eigenvalue weighted by atomic mass is 10.1. The fourth-order valence-electron chi connectivity index (χ4n) is 2.32. The molecule has 19 heavy (non-hydrogen) atoms. The van der Waals surface area contributed by atoms with Crippen LogP contribution in [0.15, 0.2) is 30.5 Å². The van der Waals surface area contributed by atoms with E-state index in [1.807, 2.05) is 19.3 Å². The van der Waals surface area contributed by atoms with Crippen LogP contribution in [0.5, 0.6) is 0 Å². The van der Waals surface area contributed by atoms with Crippen molar-refractivity contribution in [2.75, 3.05) is 19.1 Å². The summed E-state index contributed by atoms with van der Waals surface area (Å²) in [4.78, 5) is 0. The van der Waals surface area contributed by atoms with Gasteiger partial charge in [-0.15, -0.1) is 0 Å². The van der Waals surface area contributed by atoms with Crippen molar-refractivity contribution in [3.63, 3.8) is 0 Å². The number of hydrogen-bond donors (Lipinski definition) is 1. The van der Waals surface area contributed by atoms with E-state index >= 15 is 0 Å². The molecular weight excluding hydrogens is 260 g/mol. The molecule has 1 N–H and O–H groups in total. The second kappa shape index (κ2) is 5.75. The van der Waals surface area contributed by atoms with Gasteiger partial charge in [-0.25, -0.2) is 8.42 Å². The van der Waals surface area contributed by atoms with Gasteiger partial charge >= 0.3 is 0 Å². The molecule has 0 saturated heterocycles. The van der Waals surface area contributed by atoms with Crippen molar-refractivity contribution < 1.29 is 8.42 Å². The molecular formula is C14H20N2O2S. The van der Waals surface area contributed by atoms with Crippen molar-refractivity contribution >= 4 is 20.7 Å². The molecule has 0 amide bonds. The van der Waals surface area contributed by atoms with E-state index in [2.05, 4.69) is 28.1 Å². The summed E-state index contributed by atoms with van der Waals surface area (Å²) in [6.07, 6.45) is 3.97. The number of hydrogen-bond acceptors (Lipinski definition) is 3. The number of fused-ring (bicyclic) bond motifs is 1. The summed E-state index contributed by atoms with van der Waals surface area (Å²) >= 11 is 0. The Morgan fingerprint density at radius 3 is 2.74 bits per heavy atom. The zero-order chi connectivity index (χ0) is 13.9. The Labute approximate surface area is 114 Å². The van der Waals surface area contributed by atoms with Crippen LogP contribution in [0.3, 0.4) is 0 Å². The molecule has 1 aromatic carbocycles. The highest BCUT2D eigenvalue weighted by Gasteiger charge is 2.06. The summed E-state index contributed by atoms with van der Waals surface area (Å²) in [6, 6.07) is 8.33. The van der Waals surface area contributed by atoms with Gasteiger partial charge in [0.2, 0.25) is 0 Å². The summed E-state index contributed by atoms with van der Waals surface area (Å²) in [5.41, 5.74) is 2.43. The van der Waals surface area contributed by atoms with E-state index in [1.54, 1.807) is 0 Å². The minimum Gasteiger partial charge on any atom is -0.347 e. The second-order valence-electron chi connectivity index (χ2n) is 4.87. The lowest BCUT2D eigenvalue weighted by molar-refractivity contribution is 0.593. The molecule has 0 aliphatic rings. The van der Waals surface area contributed by atoms with Gasteiger partial charge in [-0.05, 0) is 31.2 Å². The number of sulfone groups is 1. The number of aromatic nitrogens is 1. The third kappa shape index (κ3) is 3.58. The maximum atomic E-state index is 11.1. The molecule has 2 aromatic rings. The first-order valence-corrected chi connectivity index (χ1v) is 8.46. The fraction of sp³-hybridized carbons (Fsp3) is 0.429. The number of nitrogens with one attached hydrogen (secondary N) is 1. The topological polar surface area (TPSA) is 51.1 Å². The van der Waals surface area contributed by atoms with Crippen LogP contribution in [-0.4, -0.2) is 32.0 Å². The Kier molecular flexibility index (Phi) is 4.27. The highest BCUT2D eigenvalue weighted by molar-refractivity contribution is 7.90. The van der Waals surface area contributed by atoms with Crippen LogP contribution in [0.4, 0.5) is 0 Å². The maximum Gasteiger partial charge on any atom is 0.147 e. The van der Waals surface area contributed by atoms with Gasteiger partial charge in [0.1, 0.15) is 9.84 Å². The Morgan fingerprint density at radius 1 is 1.26 bits per heavy atom. The molecule has 0 aliphatic heterocycles. The molecule has 1 heterocycles. The number of aryl methyl sites for hydroxylation is 1. The van der Waals surface area contributed by atoms with Gasteiger partial charge in [-0.2, -0.15) is 0 Å². The van der Waals surface area contributed by atoms with E-state index in [4.69, 9.17) is 0 Å². The van der Waals surface area contributed by atoms with Gasteiger partial charge in [0.25, 0.3) is 0 Å². The normalized spacial score (nSPS) is 12.1. The molecule has 104 valence electrons. The van der Waals surface area contributed by atoms with Gasteiger partial charge in [0.15, 0.2) is 0 Å². The minimum atomic E-state index is -2.87. The van der Waals surface area contributed by atoms with Gasteiger partial charge in [0.05, 0.1) is 5.75 Å². The smallest absolute Gasteiger partial charge is 0.147 e. The van der Waals surface area contributed by atoms with Gasteiger partial charge < -0.3 is 9.88 Å². The number of benzene rings is 1. The van der Waals surface area contributed by atoms with Crippen molar-refractivity contribution in [1.82, 2.24) is 9.88 Å². The lowest BCUT2D eigenvalue weighted by Gasteiger charge is -2.07. The molecule has 0 radical (unpaired) electrons. The van der Waals surface area contributed by atoms with Crippen LogP contribution in [0.1, 0.15) is 12.0 Å². The van der Waals surface area contributed by atoms with E-state index in [9.17, 15) is 8.42 Å². The molecule has 0 bridgehead atoms. The zero-order valence-electron chi connectivity index (χ0n) is 11.4. The summed E-state index contributed by atoms with van der Waals surface area (Å²) in [5.74, 6) is 0.239. The van der Waals surface area contributed by atoms with E-state index < -0.39 is 9.84 Å². The molecule has 0 fully saturated rings. The van der Waals surface area contributed by atoms with Crippen LogP contribution in [0.2, 0.25) is 0 Å². The van der Waals surface area contributed by atoms with Crippen molar-refractivity contribution in [3.05, 3.63) is 36.0 Å². The van der Waals surface area contributed by atoms with E-state index in [1.165, 1.54) is 22.7 Å². The molecule has 5 heteroatoms. The van der Waals surface area contributed by atoms with E-state index in [0.717, 1.165) is 13.1 Å². The quantitative estimate of drug-likeness (QED) is 0.878. The Balaban J connectivity index is 2.19. The standard InChI is InChI=1S/C14H20N2O2S/c1-15-11-12-5-3-6-14-13(12)7-9-16(14)8-4-10-19(2,17)18/h3,5-7,9,15H,4,8,10-11H2,1-2H3. The van der Waals surface area contributed by atoms with Gasteiger partial charge in [-0.1, -0.05) is 12.1 Å². The van der Waals surface area contributed by atoms with Crippen molar-refractivity contribution in [2.45, 2.75) is 19.5 Å². The summed E-state index contributed by atoms with van der Waals surface area (Å²) in [6.45, 7) is 1.57. The Morgan fingerprint density at radius 2 is 2.05 bits per heavy atom. The highest BCUT2D eigenvalue weighted by atomic mass is 32.2. The summed E-state index contributed by atoms with van der Waals surface area (Å²) in [7, 11) is -0.938. The van der Waals surface area contributed by atoms with Gasteiger partial charge in [-0.3, -0.25) is 0 Å². The van der Waals surface area contributed by atoms with Crippen LogP contribution in [0, 0.1) is 0 Å². The van der Waals surface area contributed by atoms with E-state index in [0.29, 0.717) is 6.42 Å². The molecule has 0 unspecified atom stereocenters.